The van der Waals surface area contributed by atoms with Gasteiger partial charge in [0, 0.05) is 18.4 Å². The Morgan fingerprint density at radius 1 is 1.32 bits per heavy atom. The quantitative estimate of drug-likeness (QED) is 0.469. The van der Waals surface area contributed by atoms with Crippen molar-refractivity contribution in [3.8, 4) is 0 Å². The lowest BCUT2D eigenvalue weighted by molar-refractivity contribution is -0.118. The van der Waals surface area contributed by atoms with Crippen LogP contribution in [0.15, 0.2) is 24.3 Å². The monoisotopic (exact) mass is 260 g/mol. The van der Waals surface area contributed by atoms with Crippen molar-refractivity contribution in [1.82, 2.24) is 10.3 Å². The number of hydrogen-bond donors (Lipinski definition) is 4. The van der Waals surface area contributed by atoms with E-state index in [0.717, 1.165) is 10.9 Å². The van der Waals surface area contributed by atoms with Crippen molar-refractivity contribution in [3.05, 3.63) is 30.0 Å². The number of nitrogens with one attached hydrogen (secondary N) is 2. The molecule has 6 N–H and O–H groups in total. The van der Waals surface area contributed by atoms with Crippen molar-refractivity contribution in [1.29, 1.82) is 0 Å². The molecule has 0 spiro atoms. The van der Waals surface area contributed by atoms with Crippen LogP contribution in [0.1, 0.15) is 23.3 Å². The smallest absolute Gasteiger partial charge is 0.267 e. The second-order valence-electron chi connectivity index (χ2n) is 4.32. The fourth-order valence-electron chi connectivity index (χ4n) is 1.86. The van der Waals surface area contributed by atoms with Crippen molar-refractivity contribution in [2.45, 2.75) is 12.8 Å². The van der Waals surface area contributed by atoms with E-state index in [4.69, 9.17) is 11.5 Å². The molecule has 100 valence electrons. The molecule has 0 aliphatic carbocycles. The maximum Gasteiger partial charge on any atom is 0.267 e. The molecular weight excluding hydrogens is 244 g/mol. The van der Waals surface area contributed by atoms with Crippen LogP contribution < -0.4 is 16.8 Å². The second-order valence-corrected chi connectivity index (χ2v) is 4.32. The molecule has 19 heavy (non-hydrogen) atoms. The summed E-state index contributed by atoms with van der Waals surface area (Å²) in [6.45, 7) is 0.409. The highest BCUT2D eigenvalue weighted by Crippen LogP contribution is 2.20. The summed E-state index contributed by atoms with van der Waals surface area (Å²) in [7, 11) is 0. The van der Waals surface area contributed by atoms with Gasteiger partial charge in [0.25, 0.3) is 5.91 Å². The molecule has 2 aromatic rings. The number of para-hydroxylation sites is 1. The Kier molecular flexibility index (Phi) is 3.70. The third kappa shape index (κ3) is 3.04. The average molecular weight is 260 g/mol. The predicted octanol–water partition coefficient (Wildman–Crippen LogP) is 0.745. The molecule has 0 fully saturated rings. The Labute approximate surface area is 110 Å². The van der Waals surface area contributed by atoms with Gasteiger partial charge in [-0.2, -0.15) is 0 Å². The normalized spacial score (nSPS) is 10.5. The van der Waals surface area contributed by atoms with E-state index in [1.54, 1.807) is 12.1 Å². The number of nitrogens with two attached hydrogens (primary N) is 2. The van der Waals surface area contributed by atoms with E-state index in [0.29, 0.717) is 24.3 Å². The molecule has 0 bridgehead atoms. The van der Waals surface area contributed by atoms with Gasteiger partial charge in [-0.25, -0.2) is 0 Å². The summed E-state index contributed by atoms with van der Waals surface area (Å²) in [4.78, 5) is 25.4. The Hall–Kier alpha value is -2.50. The maximum absolute atomic E-state index is 11.9. The number of rotatable bonds is 5. The van der Waals surface area contributed by atoms with E-state index in [9.17, 15) is 9.59 Å². The molecule has 0 saturated heterocycles. The van der Waals surface area contributed by atoms with E-state index in [2.05, 4.69) is 10.3 Å². The third-order valence-corrected chi connectivity index (χ3v) is 2.82. The van der Waals surface area contributed by atoms with Crippen molar-refractivity contribution in [2.24, 2.45) is 5.73 Å². The standard InChI is InChI=1S/C13H16N4O2/c14-9-4-1-3-8-7-10(17-12(8)9)13(19)16-6-2-5-11(15)18/h1,3-4,7,17H,2,5-6,14H2,(H2,15,18)(H,16,19). The first-order chi connectivity index (χ1) is 9.08. The SMILES string of the molecule is NC(=O)CCCNC(=O)c1cc2cccc(N)c2[nH]1. The molecule has 1 aromatic heterocycles. The van der Waals surface area contributed by atoms with Gasteiger partial charge in [-0.15, -0.1) is 0 Å². The predicted molar refractivity (Wildman–Crippen MR) is 73.5 cm³/mol. The number of aromatic amines is 1. The van der Waals surface area contributed by atoms with Gasteiger partial charge >= 0.3 is 0 Å². The molecule has 1 heterocycles. The van der Waals surface area contributed by atoms with Crippen molar-refractivity contribution < 1.29 is 9.59 Å². The number of benzene rings is 1. The summed E-state index contributed by atoms with van der Waals surface area (Å²) < 4.78 is 0. The zero-order valence-corrected chi connectivity index (χ0v) is 10.4. The number of carbonyl (C=O) groups excluding carboxylic acids is 2. The van der Waals surface area contributed by atoms with Gasteiger partial charge < -0.3 is 21.8 Å². The number of fused-ring (bicyclic) bond motifs is 1. The summed E-state index contributed by atoms with van der Waals surface area (Å²) in [5.74, 6) is -0.590. The lowest BCUT2D eigenvalue weighted by Crippen LogP contribution is -2.25. The average Bonchev–Trinajstić information content (AvgIpc) is 2.79. The molecule has 6 heteroatoms. The molecule has 0 radical (unpaired) electrons. The van der Waals surface area contributed by atoms with Crippen molar-refractivity contribution in [2.75, 3.05) is 12.3 Å². The summed E-state index contributed by atoms with van der Waals surface area (Å²) in [5.41, 5.74) is 12.6. The van der Waals surface area contributed by atoms with Crippen molar-refractivity contribution >= 4 is 28.4 Å². The lowest BCUT2D eigenvalue weighted by atomic mass is 10.2. The number of aromatic nitrogens is 1. The Balaban J connectivity index is 2.01. The molecule has 2 rings (SSSR count). The van der Waals surface area contributed by atoms with Crippen LogP contribution in [-0.2, 0) is 4.79 Å². The highest BCUT2D eigenvalue weighted by atomic mass is 16.2. The van der Waals surface area contributed by atoms with Crippen LogP contribution in [-0.4, -0.2) is 23.3 Å². The number of amides is 2. The molecule has 0 saturated carbocycles. The Morgan fingerprint density at radius 2 is 2.11 bits per heavy atom. The molecule has 0 aliphatic heterocycles. The molecule has 0 unspecified atom stereocenters. The molecule has 2 amide bonds. The molecule has 0 aliphatic rings. The van der Waals surface area contributed by atoms with Gasteiger partial charge in [0.1, 0.15) is 5.69 Å². The first-order valence-corrected chi connectivity index (χ1v) is 6.01. The van der Waals surface area contributed by atoms with Gasteiger partial charge in [0.15, 0.2) is 0 Å². The maximum atomic E-state index is 11.9. The van der Waals surface area contributed by atoms with Crippen LogP contribution >= 0.6 is 0 Å². The summed E-state index contributed by atoms with van der Waals surface area (Å²) in [6, 6.07) is 7.23. The highest BCUT2D eigenvalue weighted by molar-refractivity contribution is 6.00. The molecule has 6 nitrogen and oxygen atoms in total. The first kappa shape index (κ1) is 12.9. The molecule has 1 aromatic carbocycles. The summed E-state index contributed by atoms with van der Waals surface area (Å²) >= 11 is 0. The minimum absolute atomic E-state index is 0.222. The number of H-pyrrole nitrogens is 1. The van der Waals surface area contributed by atoms with Crippen molar-refractivity contribution in [3.63, 3.8) is 0 Å². The van der Waals surface area contributed by atoms with Crippen LogP contribution in [0.5, 0.6) is 0 Å². The summed E-state index contributed by atoms with van der Waals surface area (Å²) in [5, 5.41) is 3.61. The molecule has 0 atom stereocenters. The first-order valence-electron chi connectivity index (χ1n) is 6.01. The third-order valence-electron chi connectivity index (χ3n) is 2.82. The van der Waals surface area contributed by atoms with E-state index in [1.807, 2.05) is 12.1 Å². The number of nitrogen functional groups attached to an aromatic ring is 1. The van der Waals surface area contributed by atoms with Crippen LogP contribution in [0.25, 0.3) is 10.9 Å². The fourth-order valence-corrected chi connectivity index (χ4v) is 1.86. The van der Waals surface area contributed by atoms with E-state index < -0.39 is 0 Å². The largest absolute Gasteiger partial charge is 0.397 e. The van der Waals surface area contributed by atoms with Crippen LogP contribution in [0, 0.1) is 0 Å². The molecular formula is C13H16N4O2. The van der Waals surface area contributed by atoms with Gasteiger partial charge in [-0.05, 0) is 18.6 Å². The lowest BCUT2D eigenvalue weighted by Gasteiger charge is -2.02. The number of carbonyl (C=O) groups is 2. The zero-order valence-electron chi connectivity index (χ0n) is 10.4. The van der Waals surface area contributed by atoms with Gasteiger partial charge in [0.05, 0.1) is 11.2 Å². The fraction of sp³-hybridized carbons (Fsp3) is 0.231. The zero-order chi connectivity index (χ0) is 13.8. The van der Waals surface area contributed by atoms with E-state index >= 15 is 0 Å². The Morgan fingerprint density at radius 3 is 2.79 bits per heavy atom. The minimum atomic E-state index is -0.368. The van der Waals surface area contributed by atoms with Gasteiger partial charge in [0.2, 0.25) is 5.91 Å². The van der Waals surface area contributed by atoms with Crippen LogP contribution in [0.4, 0.5) is 5.69 Å². The van der Waals surface area contributed by atoms with Gasteiger partial charge in [-0.1, -0.05) is 12.1 Å². The Bertz CT molecular complexity index is 618. The van der Waals surface area contributed by atoms with E-state index in [1.165, 1.54) is 0 Å². The number of anilines is 1. The number of primary amides is 1. The van der Waals surface area contributed by atoms with Crippen LogP contribution in [0.3, 0.4) is 0 Å². The minimum Gasteiger partial charge on any atom is -0.397 e. The summed E-state index contributed by atoms with van der Waals surface area (Å²) in [6.07, 6.45) is 0.795. The van der Waals surface area contributed by atoms with E-state index in [-0.39, 0.29) is 18.2 Å². The van der Waals surface area contributed by atoms with Crippen LogP contribution in [0.2, 0.25) is 0 Å². The topological polar surface area (TPSA) is 114 Å². The highest BCUT2D eigenvalue weighted by Gasteiger charge is 2.10. The van der Waals surface area contributed by atoms with Gasteiger partial charge in [-0.3, -0.25) is 9.59 Å². The number of hydrogen-bond acceptors (Lipinski definition) is 3. The second kappa shape index (κ2) is 5.43.